The Morgan fingerprint density at radius 2 is 1.51 bits per heavy atom. The smallest absolute Gasteiger partial charge is 0.371 e. The third-order valence-corrected chi connectivity index (χ3v) is 8.28. The lowest BCUT2D eigenvalue weighted by atomic mass is 9.98. The predicted molar refractivity (Wildman–Crippen MR) is 175 cm³/mol. The molecule has 2 saturated heterocycles. The summed E-state index contributed by atoms with van der Waals surface area (Å²) in [4.78, 5) is 28.6. The summed E-state index contributed by atoms with van der Waals surface area (Å²) in [6, 6.07) is 21.0. The molecular weight excluding hydrogens is 609 g/mol. The van der Waals surface area contributed by atoms with Gasteiger partial charge in [0.2, 0.25) is 0 Å². The van der Waals surface area contributed by atoms with Crippen LogP contribution in [0, 0.1) is 0 Å². The molecule has 1 aromatic heterocycles. The first-order valence-corrected chi connectivity index (χ1v) is 15.7. The van der Waals surface area contributed by atoms with Gasteiger partial charge in [-0.1, -0.05) is 56.3 Å². The number of carbonyl (C=O) groups is 2. The van der Waals surface area contributed by atoms with E-state index < -0.39 is 23.4 Å². The maximum absolute atomic E-state index is 13.2. The number of nitrogens with zero attached hydrogens (tertiary/aromatic N) is 2. The monoisotopic (exact) mass is 648 g/mol. The maximum Gasteiger partial charge on any atom is 0.416 e. The molecular formula is C36H39F3N4O4. The second-order valence-electron chi connectivity index (χ2n) is 11.2. The van der Waals surface area contributed by atoms with E-state index >= 15 is 0 Å². The van der Waals surface area contributed by atoms with Crippen LogP contribution in [0.3, 0.4) is 0 Å². The number of hydrogen-bond donors (Lipinski definition) is 2. The average Bonchev–Trinajstić information content (AvgIpc) is 3.70. The summed E-state index contributed by atoms with van der Waals surface area (Å²) in [6.45, 7) is 7.34. The van der Waals surface area contributed by atoms with Gasteiger partial charge in [0.1, 0.15) is 5.69 Å². The Labute approximate surface area is 272 Å². The van der Waals surface area contributed by atoms with Gasteiger partial charge in [-0.2, -0.15) is 13.2 Å². The summed E-state index contributed by atoms with van der Waals surface area (Å²) in [7, 11) is 1.71. The van der Waals surface area contributed by atoms with E-state index in [0.717, 1.165) is 49.3 Å². The molecule has 0 bridgehead atoms. The van der Waals surface area contributed by atoms with E-state index in [1.54, 1.807) is 48.1 Å². The summed E-state index contributed by atoms with van der Waals surface area (Å²) < 4.78 is 52.3. The first-order chi connectivity index (χ1) is 22.6. The fourth-order valence-electron chi connectivity index (χ4n) is 5.82. The highest BCUT2D eigenvalue weighted by Crippen LogP contribution is 2.34. The van der Waals surface area contributed by atoms with Crippen molar-refractivity contribution in [2.24, 2.45) is 7.05 Å². The van der Waals surface area contributed by atoms with Crippen molar-refractivity contribution in [1.82, 2.24) is 9.88 Å². The largest absolute Gasteiger partial charge is 0.416 e. The van der Waals surface area contributed by atoms with Crippen LogP contribution in [-0.2, 0) is 29.2 Å². The average molecular weight is 649 g/mol. The Morgan fingerprint density at radius 1 is 0.872 bits per heavy atom. The van der Waals surface area contributed by atoms with Crippen LogP contribution in [0.4, 0.5) is 24.5 Å². The number of ether oxygens (including phenoxy) is 2. The van der Waals surface area contributed by atoms with E-state index in [-0.39, 0.29) is 5.91 Å². The van der Waals surface area contributed by atoms with Gasteiger partial charge in [0.25, 0.3) is 11.8 Å². The number of piperidine rings is 1. The summed E-state index contributed by atoms with van der Waals surface area (Å²) in [5, 5.41) is 5.74. The van der Waals surface area contributed by atoms with Crippen LogP contribution in [-0.4, -0.2) is 48.5 Å². The third-order valence-electron chi connectivity index (χ3n) is 8.28. The summed E-state index contributed by atoms with van der Waals surface area (Å²) in [5.41, 5.74) is 3.33. The molecule has 2 amide bonds. The fraction of sp³-hybridized carbons (Fsp3) is 0.333. The molecule has 1 spiro atoms. The number of alkyl halides is 3. The highest BCUT2D eigenvalue weighted by Gasteiger charge is 2.39. The molecule has 0 unspecified atom stereocenters. The zero-order valence-corrected chi connectivity index (χ0v) is 26.7. The number of aryl methyl sites for hydroxylation is 1. The normalized spacial score (nSPS) is 15.6. The molecule has 3 heterocycles. The Balaban J connectivity index is 0.00000213. The number of anilines is 2. The van der Waals surface area contributed by atoms with E-state index in [1.807, 2.05) is 26.0 Å². The SMILES string of the molecule is CC.Cn1cc(NC(=O)c2ccccc2-c2ccc(C(F)(F)F)cc2)cc1C(=O)NCc1ccc(N2CCC3(CC2)OCCO3)cc1. The van der Waals surface area contributed by atoms with Crippen molar-refractivity contribution in [1.29, 1.82) is 0 Å². The van der Waals surface area contributed by atoms with Crippen molar-refractivity contribution in [3.63, 3.8) is 0 Å². The van der Waals surface area contributed by atoms with E-state index in [4.69, 9.17) is 9.47 Å². The van der Waals surface area contributed by atoms with Crippen LogP contribution in [0.5, 0.6) is 0 Å². The van der Waals surface area contributed by atoms with E-state index in [9.17, 15) is 22.8 Å². The number of hydrogen-bond acceptors (Lipinski definition) is 5. The molecule has 0 radical (unpaired) electrons. The number of aromatic nitrogens is 1. The van der Waals surface area contributed by atoms with Crippen LogP contribution in [0.1, 0.15) is 58.7 Å². The Bertz CT molecular complexity index is 1670. The van der Waals surface area contributed by atoms with E-state index in [1.165, 1.54) is 12.1 Å². The van der Waals surface area contributed by atoms with Crippen LogP contribution in [0.25, 0.3) is 11.1 Å². The highest BCUT2D eigenvalue weighted by molar-refractivity contribution is 6.09. The maximum atomic E-state index is 13.2. The van der Waals surface area contributed by atoms with Crippen molar-refractivity contribution in [2.75, 3.05) is 36.5 Å². The predicted octanol–water partition coefficient (Wildman–Crippen LogP) is 7.26. The van der Waals surface area contributed by atoms with Crippen LogP contribution in [0.2, 0.25) is 0 Å². The molecule has 2 aliphatic rings. The van der Waals surface area contributed by atoms with Crippen molar-refractivity contribution in [2.45, 2.75) is 45.2 Å². The van der Waals surface area contributed by atoms with E-state index in [2.05, 4.69) is 27.7 Å². The van der Waals surface area contributed by atoms with Crippen LogP contribution >= 0.6 is 0 Å². The topological polar surface area (TPSA) is 84.8 Å². The van der Waals surface area contributed by atoms with Crippen LogP contribution < -0.4 is 15.5 Å². The van der Waals surface area contributed by atoms with Gasteiger partial charge >= 0.3 is 6.18 Å². The summed E-state index contributed by atoms with van der Waals surface area (Å²) >= 11 is 0. The number of carbonyl (C=O) groups excluding carboxylic acids is 2. The zero-order chi connectivity index (χ0) is 33.6. The zero-order valence-electron chi connectivity index (χ0n) is 26.7. The Morgan fingerprint density at radius 3 is 2.15 bits per heavy atom. The lowest BCUT2D eigenvalue weighted by Crippen LogP contribution is -2.45. The fourth-order valence-corrected chi connectivity index (χ4v) is 5.82. The highest BCUT2D eigenvalue weighted by atomic mass is 19.4. The molecule has 0 aliphatic carbocycles. The van der Waals surface area contributed by atoms with Gasteiger partial charge < -0.3 is 29.6 Å². The Hall–Kier alpha value is -4.61. The van der Waals surface area contributed by atoms with Crippen LogP contribution in [0.15, 0.2) is 85.1 Å². The summed E-state index contributed by atoms with van der Waals surface area (Å²) in [5.74, 6) is -1.17. The number of amides is 2. The number of halogens is 3. The molecule has 2 fully saturated rings. The first-order valence-electron chi connectivity index (χ1n) is 15.7. The molecule has 6 rings (SSSR count). The molecule has 3 aromatic carbocycles. The van der Waals surface area contributed by atoms with Gasteiger partial charge in [0, 0.05) is 57.0 Å². The van der Waals surface area contributed by atoms with Gasteiger partial charge in [-0.25, -0.2) is 0 Å². The van der Waals surface area contributed by atoms with Crippen molar-refractivity contribution in [3.05, 3.63) is 107 Å². The number of benzene rings is 3. The van der Waals surface area contributed by atoms with Gasteiger partial charge in [0.05, 0.1) is 24.5 Å². The molecule has 4 aromatic rings. The molecule has 47 heavy (non-hydrogen) atoms. The lowest BCUT2D eigenvalue weighted by Gasteiger charge is -2.38. The molecule has 248 valence electrons. The van der Waals surface area contributed by atoms with Crippen molar-refractivity contribution < 1.29 is 32.2 Å². The van der Waals surface area contributed by atoms with E-state index in [0.29, 0.717) is 47.8 Å². The van der Waals surface area contributed by atoms with Crippen molar-refractivity contribution in [3.8, 4) is 11.1 Å². The lowest BCUT2D eigenvalue weighted by molar-refractivity contribution is -0.169. The summed E-state index contributed by atoms with van der Waals surface area (Å²) in [6.07, 6.45) is -1.16. The Kier molecular flexibility index (Phi) is 10.4. The standard InChI is InChI=1S/C34H33F3N4O4.C2H6/c1-40-22-26(39-31(42)29-5-3-2-4-28(29)24-8-10-25(11-9-24)34(35,36)37)20-30(40)32(43)38-21-23-6-12-27(13-7-23)41-16-14-33(15-17-41)44-18-19-45-33;1-2/h2-13,20,22H,14-19,21H2,1H3,(H,38,43)(H,39,42);1-2H3. The molecule has 11 heteroatoms. The molecule has 2 aliphatic heterocycles. The van der Waals surface area contributed by atoms with Gasteiger partial charge in [-0.3, -0.25) is 9.59 Å². The minimum Gasteiger partial charge on any atom is -0.371 e. The number of nitrogens with one attached hydrogen (secondary N) is 2. The minimum absolute atomic E-state index is 0.292. The van der Waals surface area contributed by atoms with Gasteiger partial charge in [0.15, 0.2) is 5.79 Å². The minimum atomic E-state index is -4.45. The molecule has 2 N–H and O–H groups in total. The first kappa shape index (κ1) is 33.7. The van der Waals surface area contributed by atoms with Crippen molar-refractivity contribution >= 4 is 23.2 Å². The second-order valence-corrected chi connectivity index (χ2v) is 11.2. The number of rotatable bonds is 7. The molecule has 8 nitrogen and oxygen atoms in total. The second kappa shape index (κ2) is 14.4. The quantitative estimate of drug-likeness (QED) is 0.220. The van der Waals surface area contributed by atoms with Gasteiger partial charge in [-0.05, 0) is 53.1 Å². The molecule has 0 saturated carbocycles. The van der Waals surface area contributed by atoms with Gasteiger partial charge in [-0.15, -0.1) is 0 Å². The third kappa shape index (κ3) is 7.86. The molecule has 0 atom stereocenters.